The summed E-state index contributed by atoms with van der Waals surface area (Å²) in [6, 6.07) is 67.6. The molecular weight excluding hydrogens is 928 g/mol. The van der Waals surface area contributed by atoms with Crippen molar-refractivity contribution in [3.05, 3.63) is 252 Å². The molecular formula is C60H57ClN2O9. The lowest BCUT2D eigenvalue weighted by molar-refractivity contribution is -0.143. The molecule has 0 aliphatic carbocycles. The zero-order valence-corrected chi connectivity index (χ0v) is 40.8. The van der Waals surface area contributed by atoms with Crippen LogP contribution in [0.1, 0.15) is 43.0 Å². The number of aromatic carboxylic acids is 1. The van der Waals surface area contributed by atoms with Crippen LogP contribution < -0.4 is 20.5 Å². The van der Waals surface area contributed by atoms with Gasteiger partial charge in [-0.05, 0) is 99.5 Å². The number of nitrogens with two attached hydrogens (primary N) is 1. The van der Waals surface area contributed by atoms with Crippen LogP contribution in [0.2, 0.25) is 0 Å². The van der Waals surface area contributed by atoms with E-state index in [-0.39, 0.29) is 29.8 Å². The summed E-state index contributed by atoms with van der Waals surface area (Å²) in [5, 5.41) is 11.7. The highest BCUT2D eigenvalue weighted by Gasteiger charge is 2.23. The third-order valence-electron chi connectivity index (χ3n) is 11.0. The Kier molecular flexibility index (Phi) is 21.8. The van der Waals surface area contributed by atoms with Crippen molar-refractivity contribution in [2.24, 2.45) is 5.73 Å². The maximum atomic E-state index is 12.8. The molecule has 8 rings (SSSR count). The third-order valence-corrected chi connectivity index (χ3v) is 11.0. The topological polar surface area (TPSA) is 163 Å². The summed E-state index contributed by atoms with van der Waals surface area (Å²) in [5.41, 5.74) is 14.6. The van der Waals surface area contributed by atoms with Gasteiger partial charge in [-0.1, -0.05) is 170 Å². The fourth-order valence-corrected chi connectivity index (χ4v) is 7.12. The smallest absolute Gasteiger partial charge is 0.335 e. The van der Waals surface area contributed by atoms with Crippen LogP contribution in [0.3, 0.4) is 0 Å². The molecule has 1 amide bonds. The molecule has 4 N–H and O–H groups in total. The number of methoxy groups -OCH3 is 2. The zero-order valence-electron chi connectivity index (χ0n) is 40.0. The Balaban J connectivity index is 0.000000223. The lowest BCUT2D eigenvalue weighted by Crippen LogP contribution is -2.43. The van der Waals surface area contributed by atoms with E-state index in [1.807, 2.05) is 194 Å². The van der Waals surface area contributed by atoms with Crippen molar-refractivity contribution in [1.29, 1.82) is 0 Å². The highest BCUT2D eigenvalue weighted by atomic mass is 35.5. The van der Waals surface area contributed by atoms with E-state index < -0.39 is 24.0 Å². The molecule has 8 aromatic carbocycles. The standard InChI is InChI=1S/C30H27NO4.C20H16O3.C10H13NO2.ClH/c1-34-30(33)28(20-22-8-4-2-5-9-22)31-29(32)26-14-12-24(13-15-26)25-16-18-27(19-17-25)35-21-23-10-6-3-7-11-23;21-20(22)18-8-6-16(7-9-18)17-10-12-19(13-11-17)23-14-15-4-2-1-3-5-15;1-13-10(12)9(11)7-8-5-3-2-4-6-8;/h2-19,28H,20-21H2,1H3,(H,31,32);1-13H,14H2,(H,21,22);2-6,9H,7,11H2,1H3;1H. The number of benzene rings is 8. The number of halogens is 1. The van der Waals surface area contributed by atoms with Gasteiger partial charge in [0.1, 0.15) is 36.8 Å². The number of nitrogens with one attached hydrogen (secondary N) is 1. The van der Waals surface area contributed by atoms with Gasteiger partial charge in [0.25, 0.3) is 5.91 Å². The predicted octanol–water partition coefficient (Wildman–Crippen LogP) is 11.2. The van der Waals surface area contributed by atoms with Crippen LogP contribution in [0.15, 0.2) is 218 Å². The maximum Gasteiger partial charge on any atom is 0.335 e. The van der Waals surface area contributed by atoms with Gasteiger partial charge in [0.15, 0.2) is 0 Å². The normalized spacial score (nSPS) is 11.0. The molecule has 0 saturated heterocycles. The van der Waals surface area contributed by atoms with E-state index in [9.17, 15) is 19.2 Å². The van der Waals surface area contributed by atoms with E-state index in [2.05, 4.69) is 10.1 Å². The second-order valence-electron chi connectivity index (χ2n) is 16.1. The first kappa shape index (κ1) is 54.4. The van der Waals surface area contributed by atoms with Crippen LogP contribution in [-0.2, 0) is 45.1 Å². The molecule has 368 valence electrons. The molecule has 2 atom stereocenters. The lowest BCUT2D eigenvalue weighted by atomic mass is 10.0. The van der Waals surface area contributed by atoms with Crippen molar-refractivity contribution < 1.29 is 43.2 Å². The molecule has 72 heavy (non-hydrogen) atoms. The molecule has 0 aromatic heterocycles. The average molecular weight is 986 g/mol. The number of amides is 1. The van der Waals surface area contributed by atoms with Crippen LogP contribution in [0.4, 0.5) is 0 Å². The van der Waals surface area contributed by atoms with Crippen molar-refractivity contribution in [2.75, 3.05) is 14.2 Å². The van der Waals surface area contributed by atoms with Crippen LogP contribution in [0.25, 0.3) is 22.3 Å². The van der Waals surface area contributed by atoms with Crippen molar-refractivity contribution in [1.82, 2.24) is 5.32 Å². The van der Waals surface area contributed by atoms with Gasteiger partial charge >= 0.3 is 17.9 Å². The van der Waals surface area contributed by atoms with Gasteiger partial charge in [0.05, 0.1) is 19.8 Å². The van der Waals surface area contributed by atoms with Crippen molar-refractivity contribution in [3.8, 4) is 33.8 Å². The molecule has 8 aromatic rings. The molecule has 0 fully saturated rings. The lowest BCUT2D eigenvalue weighted by Gasteiger charge is -2.17. The highest BCUT2D eigenvalue weighted by molar-refractivity contribution is 5.97. The molecule has 0 aliphatic rings. The van der Waals surface area contributed by atoms with Crippen LogP contribution in [0.5, 0.6) is 11.5 Å². The first-order valence-electron chi connectivity index (χ1n) is 22.9. The number of carboxylic acids is 1. The fourth-order valence-electron chi connectivity index (χ4n) is 7.12. The highest BCUT2D eigenvalue weighted by Crippen LogP contribution is 2.25. The van der Waals surface area contributed by atoms with Gasteiger partial charge in [-0.15, -0.1) is 12.4 Å². The second kappa shape index (κ2) is 28.9. The number of carbonyl (C=O) groups is 4. The second-order valence-corrected chi connectivity index (χ2v) is 16.1. The van der Waals surface area contributed by atoms with E-state index in [1.165, 1.54) is 14.2 Å². The number of ether oxygens (including phenoxy) is 4. The largest absolute Gasteiger partial charge is 0.489 e. The summed E-state index contributed by atoms with van der Waals surface area (Å²) in [6.45, 7) is 1.05. The molecule has 11 nitrogen and oxygen atoms in total. The molecule has 0 aliphatic heterocycles. The molecule has 0 bridgehead atoms. The molecule has 0 heterocycles. The first-order chi connectivity index (χ1) is 34.6. The fraction of sp³-hybridized carbons (Fsp3) is 0.133. The number of esters is 2. The van der Waals surface area contributed by atoms with Crippen LogP contribution >= 0.6 is 12.4 Å². The van der Waals surface area contributed by atoms with E-state index in [0.717, 1.165) is 56.0 Å². The van der Waals surface area contributed by atoms with E-state index in [1.54, 1.807) is 24.3 Å². The van der Waals surface area contributed by atoms with E-state index in [4.69, 9.17) is 25.1 Å². The monoisotopic (exact) mass is 984 g/mol. The van der Waals surface area contributed by atoms with Gasteiger partial charge in [0.2, 0.25) is 0 Å². The Bertz CT molecular complexity index is 2870. The summed E-state index contributed by atoms with van der Waals surface area (Å²) in [5.74, 6) is -0.494. The van der Waals surface area contributed by atoms with Gasteiger partial charge < -0.3 is 35.1 Å². The summed E-state index contributed by atoms with van der Waals surface area (Å²) in [7, 11) is 2.66. The van der Waals surface area contributed by atoms with Crippen LogP contribution in [0, 0.1) is 0 Å². The van der Waals surface area contributed by atoms with E-state index >= 15 is 0 Å². The van der Waals surface area contributed by atoms with Gasteiger partial charge in [-0.2, -0.15) is 0 Å². The number of carbonyl (C=O) groups excluding carboxylic acids is 3. The summed E-state index contributed by atoms with van der Waals surface area (Å²) in [6.07, 6.45) is 0.879. The average Bonchev–Trinajstić information content (AvgIpc) is 3.43. The first-order valence-corrected chi connectivity index (χ1v) is 22.9. The molecule has 12 heteroatoms. The summed E-state index contributed by atoms with van der Waals surface area (Å²) >= 11 is 0. The Hall–Kier alpha value is -8.51. The van der Waals surface area contributed by atoms with Crippen molar-refractivity contribution in [2.45, 2.75) is 38.1 Å². The molecule has 0 saturated carbocycles. The number of hydrogen-bond acceptors (Lipinski definition) is 9. The van der Waals surface area contributed by atoms with Gasteiger partial charge in [0, 0.05) is 12.0 Å². The van der Waals surface area contributed by atoms with Gasteiger partial charge in [-0.3, -0.25) is 9.59 Å². The van der Waals surface area contributed by atoms with Crippen LogP contribution in [-0.4, -0.2) is 55.2 Å². The molecule has 2 unspecified atom stereocenters. The minimum atomic E-state index is -0.916. The SMILES string of the molecule is COC(=O)C(Cc1ccccc1)NC(=O)c1ccc(-c2ccc(OCc3ccccc3)cc2)cc1.COC(=O)C(N)Cc1ccccc1.Cl.O=C(O)c1ccc(-c2ccc(OCc3ccccc3)cc2)cc1. The number of rotatable bonds is 17. The maximum absolute atomic E-state index is 12.8. The minimum Gasteiger partial charge on any atom is -0.489 e. The predicted molar refractivity (Wildman–Crippen MR) is 283 cm³/mol. The quantitative estimate of drug-likeness (QED) is 0.0748. The Morgan fingerprint density at radius 2 is 0.778 bits per heavy atom. The minimum absolute atomic E-state index is 0. The summed E-state index contributed by atoms with van der Waals surface area (Å²) < 4.78 is 21.0. The Morgan fingerprint density at radius 1 is 0.444 bits per heavy atom. The van der Waals surface area contributed by atoms with E-state index in [0.29, 0.717) is 31.6 Å². The third kappa shape index (κ3) is 17.5. The van der Waals surface area contributed by atoms with Crippen molar-refractivity contribution >= 4 is 36.2 Å². The number of carboxylic acid groups (broad SMARTS) is 1. The summed E-state index contributed by atoms with van der Waals surface area (Å²) in [4.78, 5) is 46.9. The zero-order chi connectivity index (χ0) is 50.2. The Morgan fingerprint density at radius 3 is 1.14 bits per heavy atom. The van der Waals surface area contributed by atoms with Crippen molar-refractivity contribution in [3.63, 3.8) is 0 Å². The number of hydrogen-bond donors (Lipinski definition) is 3. The van der Waals surface area contributed by atoms with Gasteiger partial charge in [-0.25, -0.2) is 9.59 Å². The molecule has 0 spiro atoms. The molecule has 0 radical (unpaired) electrons. The Labute approximate surface area is 426 Å².